The minimum atomic E-state index is -0.324. The Balaban J connectivity index is 1.96. The lowest BCUT2D eigenvalue weighted by molar-refractivity contribution is -0.115. The average molecular weight is 230 g/mol. The molecule has 0 atom stereocenters. The molecule has 4 heteroatoms. The van der Waals surface area contributed by atoms with Gasteiger partial charge in [-0.1, -0.05) is 6.07 Å². The van der Waals surface area contributed by atoms with Crippen LogP contribution in [0, 0.1) is 5.82 Å². The molecule has 0 fully saturated rings. The van der Waals surface area contributed by atoms with Crippen molar-refractivity contribution in [2.75, 3.05) is 5.32 Å². The second kappa shape index (κ2) is 5.21. The number of hydrogen-bond acceptors (Lipinski definition) is 2. The Labute approximate surface area is 98.3 Å². The zero-order valence-electron chi connectivity index (χ0n) is 9.06. The highest BCUT2D eigenvalue weighted by atomic mass is 19.1. The number of pyridine rings is 1. The molecule has 0 spiro atoms. The maximum atomic E-state index is 12.6. The van der Waals surface area contributed by atoms with Crippen LogP contribution in [0.5, 0.6) is 0 Å². The smallest absolute Gasteiger partial charge is 0.228 e. The number of anilines is 1. The molecule has 17 heavy (non-hydrogen) atoms. The minimum absolute atomic E-state index is 0.149. The van der Waals surface area contributed by atoms with Crippen LogP contribution in [0.25, 0.3) is 0 Å². The lowest BCUT2D eigenvalue weighted by Gasteiger charge is -2.04. The number of hydrogen-bond donors (Lipinski definition) is 1. The molecule has 2 rings (SSSR count). The molecule has 0 saturated carbocycles. The van der Waals surface area contributed by atoms with Gasteiger partial charge < -0.3 is 5.32 Å². The molecule has 2 aromatic rings. The van der Waals surface area contributed by atoms with Gasteiger partial charge in [0.15, 0.2) is 0 Å². The third-order valence-electron chi connectivity index (χ3n) is 2.22. The maximum absolute atomic E-state index is 12.6. The fourth-order valence-corrected chi connectivity index (χ4v) is 1.43. The normalized spacial score (nSPS) is 9.94. The number of nitrogens with one attached hydrogen (secondary N) is 1. The van der Waals surface area contributed by atoms with Gasteiger partial charge in [-0.2, -0.15) is 0 Å². The number of carbonyl (C=O) groups is 1. The monoisotopic (exact) mass is 230 g/mol. The highest BCUT2D eigenvalue weighted by molar-refractivity contribution is 5.92. The van der Waals surface area contributed by atoms with Gasteiger partial charge in [-0.3, -0.25) is 9.78 Å². The van der Waals surface area contributed by atoms with Gasteiger partial charge in [-0.15, -0.1) is 0 Å². The maximum Gasteiger partial charge on any atom is 0.228 e. The third-order valence-corrected chi connectivity index (χ3v) is 2.22. The van der Waals surface area contributed by atoms with Gasteiger partial charge in [0, 0.05) is 18.1 Å². The molecule has 0 aliphatic rings. The molecule has 0 bridgehead atoms. The van der Waals surface area contributed by atoms with E-state index >= 15 is 0 Å². The number of aromatic nitrogens is 1. The fraction of sp³-hybridized carbons (Fsp3) is 0.0769. The van der Waals surface area contributed by atoms with Crippen molar-refractivity contribution in [3.05, 3.63) is 60.2 Å². The second-order valence-electron chi connectivity index (χ2n) is 3.59. The molecule has 1 heterocycles. The topological polar surface area (TPSA) is 42.0 Å². The Morgan fingerprint density at radius 2 is 2.00 bits per heavy atom. The number of nitrogens with zero attached hydrogens (tertiary/aromatic N) is 1. The molecule has 1 aromatic heterocycles. The van der Waals surface area contributed by atoms with Crippen LogP contribution in [-0.2, 0) is 11.2 Å². The highest BCUT2D eigenvalue weighted by Crippen LogP contribution is 2.09. The molecule has 0 unspecified atom stereocenters. The van der Waals surface area contributed by atoms with Gasteiger partial charge in [0.2, 0.25) is 5.91 Å². The Hall–Kier alpha value is -2.23. The van der Waals surface area contributed by atoms with Crippen LogP contribution in [0.1, 0.15) is 5.56 Å². The highest BCUT2D eigenvalue weighted by Gasteiger charge is 2.03. The second-order valence-corrected chi connectivity index (χ2v) is 3.59. The Kier molecular flexibility index (Phi) is 3.45. The lowest BCUT2D eigenvalue weighted by atomic mass is 10.2. The summed E-state index contributed by atoms with van der Waals surface area (Å²) in [7, 11) is 0. The molecule has 0 radical (unpaired) electrons. The summed E-state index contributed by atoms with van der Waals surface area (Å²) in [5.74, 6) is -0.472. The predicted octanol–water partition coefficient (Wildman–Crippen LogP) is 2.40. The van der Waals surface area contributed by atoms with E-state index in [-0.39, 0.29) is 18.1 Å². The molecule has 0 aliphatic heterocycles. The summed E-state index contributed by atoms with van der Waals surface area (Å²) < 4.78 is 12.6. The molecule has 0 aliphatic carbocycles. The van der Waals surface area contributed by atoms with Crippen molar-refractivity contribution in [3.63, 3.8) is 0 Å². The van der Waals surface area contributed by atoms with E-state index in [4.69, 9.17) is 0 Å². The summed E-state index contributed by atoms with van der Waals surface area (Å²) in [6.07, 6.45) is 3.55. The van der Waals surface area contributed by atoms with Crippen LogP contribution < -0.4 is 5.32 Å². The predicted molar refractivity (Wildman–Crippen MR) is 63.0 cm³/mol. The van der Waals surface area contributed by atoms with Crippen molar-refractivity contribution in [1.82, 2.24) is 4.98 Å². The standard InChI is InChI=1S/C13H11FN2O/c14-11-3-5-12(6-4-11)16-13(17)8-10-2-1-7-15-9-10/h1-7,9H,8H2,(H,16,17). The first-order chi connectivity index (χ1) is 8.24. The van der Waals surface area contributed by atoms with E-state index in [0.29, 0.717) is 5.69 Å². The average Bonchev–Trinajstić information content (AvgIpc) is 2.33. The molecular weight excluding hydrogens is 219 g/mol. The van der Waals surface area contributed by atoms with Crippen LogP contribution in [0.15, 0.2) is 48.8 Å². The Morgan fingerprint density at radius 3 is 2.65 bits per heavy atom. The zero-order valence-corrected chi connectivity index (χ0v) is 9.06. The molecule has 1 aromatic carbocycles. The van der Waals surface area contributed by atoms with E-state index in [2.05, 4.69) is 10.3 Å². The summed E-state index contributed by atoms with van der Waals surface area (Å²) in [6, 6.07) is 9.27. The van der Waals surface area contributed by atoms with Gasteiger partial charge in [-0.25, -0.2) is 4.39 Å². The third kappa shape index (κ3) is 3.38. The van der Waals surface area contributed by atoms with Crippen LogP contribution in [-0.4, -0.2) is 10.9 Å². The number of amides is 1. The first kappa shape index (κ1) is 11.3. The van der Waals surface area contributed by atoms with Gasteiger partial charge in [0.25, 0.3) is 0 Å². The molecule has 0 saturated heterocycles. The minimum Gasteiger partial charge on any atom is -0.326 e. The van der Waals surface area contributed by atoms with E-state index in [1.165, 1.54) is 24.3 Å². The van der Waals surface area contributed by atoms with Crippen LogP contribution in [0.2, 0.25) is 0 Å². The number of benzene rings is 1. The van der Waals surface area contributed by atoms with Gasteiger partial charge >= 0.3 is 0 Å². The van der Waals surface area contributed by atoms with Crippen molar-refractivity contribution in [2.24, 2.45) is 0 Å². The first-order valence-corrected chi connectivity index (χ1v) is 5.18. The molecule has 3 nitrogen and oxygen atoms in total. The van der Waals surface area contributed by atoms with E-state index in [1.807, 2.05) is 6.07 Å². The van der Waals surface area contributed by atoms with Crippen molar-refractivity contribution in [3.8, 4) is 0 Å². The molecule has 1 N–H and O–H groups in total. The summed E-state index contributed by atoms with van der Waals surface area (Å²) in [5.41, 5.74) is 1.42. The largest absolute Gasteiger partial charge is 0.326 e. The van der Waals surface area contributed by atoms with Gasteiger partial charge in [-0.05, 0) is 35.9 Å². The zero-order chi connectivity index (χ0) is 12.1. The number of halogens is 1. The first-order valence-electron chi connectivity index (χ1n) is 5.18. The van der Waals surface area contributed by atoms with Crippen LogP contribution in [0.4, 0.5) is 10.1 Å². The summed E-state index contributed by atoms with van der Waals surface area (Å²) >= 11 is 0. The van der Waals surface area contributed by atoms with Gasteiger partial charge in [0.05, 0.1) is 6.42 Å². The number of rotatable bonds is 3. The van der Waals surface area contributed by atoms with E-state index in [1.54, 1.807) is 18.5 Å². The van der Waals surface area contributed by atoms with Crippen molar-refractivity contribution < 1.29 is 9.18 Å². The summed E-state index contributed by atoms with van der Waals surface area (Å²) in [6.45, 7) is 0. The Bertz CT molecular complexity index is 497. The molecular formula is C13H11FN2O. The van der Waals surface area contributed by atoms with Gasteiger partial charge in [0.1, 0.15) is 5.82 Å². The van der Waals surface area contributed by atoms with Crippen LogP contribution >= 0.6 is 0 Å². The fourth-order valence-electron chi connectivity index (χ4n) is 1.43. The van der Waals surface area contributed by atoms with Crippen molar-refractivity contribution in [2.45, 2.75) is 6.42 Å². The summed E-state index contributed by atoms with van der Waals surface area (Å²) in [4.78, 5) is 15.6. The molecule has 1 amide bonds. The van der Waals surface area contributed by atoms with E-state index in [9.17, 15) is 9.18 Å². The molecule has 86 valence electrons. The quantitative estimate of drug-likeness (QED) is 0.879. The Morgan fingerprint density at radius 1 is 1.24 bits per heavy atom. The summed E-state index contributed by atoms with van der Waals surface area (Å²) in [5, 5.41) is 2.68. The van der Waals surface area contributed by atoms with Crippen LogP contribution in [0.3, 0.4) is 0 Å². The lowest BCUT2D eigenvalue weighted by Crippen LogP contribution is -2.14. The van der Waals surface area contributed by atoms with E-state index in [0.717, 1.165) is 5.56 Å². The number of carbonyl (C=O) groups excluding carboxylic acids is 1. The van der Waals surface area contributed by atoms with E-state index < -0.39 is 0 Å². The van der Waals surface area contributed by atoms with Crippen molar-refractivity contribution >= 4 is 11.6 Å². The SMILES string of the molecule is O=C(Cc1cccnc1)Nc1ccc(F)cc1. The van der Waals surface area contributed by atoms with Crippen molar-refractivity contribution in [1.29, 1.82) is 0 Å².